The number of nitrogens with one attached hydrogen (secondary N) is 1. The fourth-order valence-electron chi connectivity index (χ4n) is 3.23. The molecule has 3 N–H and O–H groups in total. The molecule has 202 valence electrons. The van der Waals surface area contributed by atoms with Gasteiger partial charge in [0.1, 0.15) is 17.9 Å². The summed E-state index contributed by atoms with van der Waals surface area (Å²) < 4.78 is 35.6. The zero-order valence-corrected chi connectivity index (χ0v) is 21.5. The number of nitrogens with two attached hydrogens (primary N) is 1. The lowest BCUT2D eigenvalue weighted by atomic mass is 10.0. The summed E-state index contributed by atoms with van der Waals surface area (Å²) in [6.07, 6.45) is 5.66. The Kier molecular flexibility index (Phi) is 10.6. The Morgan fingerprint density at radius 2 is 2.11 bits per heavy atom. The lowest BCUT2D eigenvalue weighted by Crippen LogP contribution is -2.40. The second-order valence-electron chi connectivity index (χ2n) is 7.75. The second kappa shape index (κ2) is 13.4. The third kappa shape index (κ3) is 7.76. The van der Waals surface area contributed by atoms with Crippen molar-refractivity contribution in [2.24, 2.45) is 0 Å². The molecular formula is C23H32FN7O6. The number of ether oxygens (including phenoxy) is 2. The highest BCUT2D eigenvalue weighted by molar-refractivity contribution is 5.81. The Bertz CT molecular complexity index is 1280. The number of fused-ring (bicyclic) bond motifs is 1. The van der Waals surface area contributed by atoms with Crippen LogP contribution in [0.15, 0.2) is 20.0 Å². The van der Waals surface area contributed by atoms with Gasteiger partial charge in [0.05, 0.1) is 12.9 Å². The Morgan fingerprint density at radius 3 is 2.73 bits per heavy atom. The number of aromatic nitrogens is 4. The van der Waals surface area contributed by atoms with E-state index in [2.05, 4.69) is 26.2 Å². The number of hydrogen-bond acceptors (Lipinski definition) is 11. The van der Waals surface area contributed by atoms with Crippen LogP contribution in [-0.4, -0.2) is 70.0 Å². The minimum absolute atomic E-state index is 0.0729. The van der Waals surface area contributed by atoms with Gasteiger partial charge in [-0.05, 0) is 14.0 Å². The zero-order chi connectivity index (χ0) is 27.6. The number of carbonyl (C=O) groups excluding carboxylic acids is 1. The number of alkyl carbamates (subject to hydrolysis) is 1. The number of likely N-dealkylation sites (N-methyl/N-ethyl adjacent to an activating group) is 1. The van der Waals surface area contributed by atoms with E-state index in [-0.39, 0.29) is 43.1 Å². The van der Waals surface area contributed by atoms with Gasteiger partial charge in [0.25, 0.3) is 0 Å². The van der Waals surface area contributed by atoms with Crippen molar-refractivity contribution in [3.8, 4) is 12.3 Å². The number of rotatable bonds is 11. The van der Waals surface area contributed by atoms with Crippen molar-refractivity contribution in [2.45, 2.75) is 45.9 Å². The highest BCUT2D eigenvalue weighted by Gasteiger charge is 2.30. The minimum atomic E-state index is -1.24. The van der Waals surface area contributed by atoms with Crippen LogP contribution in [0.25, 0.3) is 11.2 Å². The van der Waals surface area contributed by atoms with Crippen molar-refractivity contribution in [1.29, 1.82) is 0 Å². The van der Waals surface area contributed by atoms with E-state index in [1.54, 1.807) is 18.5 Å². The van der Waals surface area contributed by atoms with Gasteiger partial charge in [-0.25, -0.2) is 14.6 Å². The number of nitrogens with zero attached hydrogens (tertiary/aromatic N) is 5. The third-order valence-electron chi connectivity index (χ3n) is 5.32. The molecule has 13 nitrogen and oxygen atoms in total. The molecule has 0 fully saturated rings. The van der Waals surface area contributed by atoms with Crippen molar-refractivity contribution in [1.82, 2.24) is 29.7 Å². The summed E-state index contributed by atoms with van der Waals surface area (Å²) in [6, 6.07) is 0. The Morgan fingerprint density at radius 1 is 1.38 bits per heavy atom. The van der Waals surface area contributed by atoms with Crippen LogP contribution in [0.4, 0.5) is 15.0 Å². The number of nitrogen functional groups attached to an aromatic ring is 1. The Hall–Kier alpha value is -3.96. The predicted molar refractivity (Wildman–Crippen MR) is 132 cm³/mol. The fourth-order valence-corrected chi connectivity index (χ4v) is 3.23. The van der Waals surface area contributed by atoms with E-state index in [0.29, 0.717) is 24.6 Å². The first-order chi connectivity index (χ1) is 17.7. The lowest BCUT2D eigenvalue weighted by Gasteiger charge is -2.26. The molecule has 14 heteroatoms. The van der Waals surface area contributed by atoms with Crippen LogP contribution in [0.5, 0.6) is 0 Å². The molecule has 0 aliphatic heterocycles. The second-order valence-corrected chi connectivity index (χ2v) is 7.75. The number of imidazole rings is 1. The number of terminal acetylenes is 1. The highest BCUT2D eigenvalue weighted by Crippen LogP contribution is 2.20. The molecule has 3 rings (SSSR count). The molecule has 0 saturated carbocycles. The average molecular weight is 522 g/mol. The molecule has 3 aromatic heterocycles. The molecule has 0 aromatic carbocycles. The van der Waals surface area contributed by atoms with Crippen molar-refractivity contribution in [3.05, 3.63) is 34.5 Å². The van der Waals surface area contributed by atoms with Crippen molar-refractivity contribution in [3.63, 3.8) is 0 Å². The van der Waals surface area contributed by atoms with Crippen molar-refractivity contribution in [2.75, 3.05) is 39.6 Å². The summed E-state index contributed by atoms with van der Waals surface area (Å²) in [5.74, 6) is 2.51. The standard InChI is InChI=1S/C21H26FN7O6.C2H6/c1-5-21(32-4,6-8-29-12-25-15-16(23)26-18(22)27-17(15)29)11-33-19(30)24-7-9-28(3)10-14-13(2)34-20(31)35-14;1-2/h1,12H,6-11H2,2-4H3,(H,24,30)(H2,23,26,27);1-2H3. The molecule has 0 aliphatic carbocycles. The smallest absolute Gasteiger partial charge is 0.445 e. The Labute approximate surface area is 213 Å². The van der Waals surface area contributed by atoms with Gasteiger partial charge >= 0.3 is 18.0 Å². The maximum absolute atomic E-state index is 13.6. The van der Waals surface area contributed by atoms with Gasteiger partial charge in [-0.3, -0.25) is 4.90 Å². The van der Waals surface area contributed by atoms with Gasteiger partial charge in [0.15, 0.2) is 22.8 Å². The van der Waals surface area contributed by atoms with Gasteiger partial charge in [-0.2, -0.15) is 14.4 Å². The van der Waals surface area contributed by atoms with E-state index < -0.39 is 23.6 Å². The molecule has 0 spiro atoms. The van der Waals surface area contributed by atoms with Crippen LogP contribution in [0, 0.1) is 25.3 Å². The van der Waals surface area contributed by atoms with Gasteiger partial charge in [-0.1, -0.05) is 19.8 Å². The number of anilines is 1. The molecule has 1 amide bonds. The monoisotopic (exact) mass is 521 g/mol. The van der Waals surface area contributed by atoms with Crippen LogP contribution in [0.1, 0.15) is 31.8 Å². The molecule has 1 unspecified atom stereocenters. The largest absolute Gasteiger partial charge is 0.519 e. The van der Waals surface area contributed by atoms with Gasteiger partial charge < -0.3 is 33.9 Å². The molecule has 0 radical (unpaired) electrons. The Balaban J connectivity index is 0.00000235. The van der Waals surface area contributed by atoms with Crippen molar-refractivity contribution >= 4 is 23.1 Å². The summed E-state index contributed by atoms with van der Waals surface area (Å²) >= 11 is 0. The number of aryl methyl sites for hydroxylation is 2. The van der Waals surface area contributed by atoms with E-state index in [1.807, 2.05) is 18.7 Å². The fraction of sp³-hybridized carbons (Fsp3) is 0.522. The summed E-state index contributed by atoms with van der Waals surface area (Å²) in [5.41, 5.74) is 4.92. The van der Waals surface area contributed by atoms with Crippen molar-refractivity contribution < 1.29 is 27.5 Å². The van der Waals surface area contributed by atoms with E-state index >= 15 is 0 Å². The molecule has 0 saturated heterocycles. The molecule has 1 atom stereocenters. The summed E-state index contributed by atoms with van der Waals surface area (Å²) in [6.45, 7) is 6.70. The first-order valence-corrected chi connectivity index (χ1v) is 11.5. The lowest BCUT2D eigenvalue weighted by molar-refractivity contribution is -0.0213. The predicted octanol–water partition coefficient (Wildman–Crippen LogP) is 1.70. The van der Waals surface area contributed by atoms with E-state index in [0.717, 1.165) is 0 Å². The molecule has 0 aliphatic rings. The average Bonchev–Trinajstić information content (AvgIpc) is 3.42. The highest BCUT2D eigenvalue weighted by atomic mass is 19.1. The SMILES string of the molecule is C#CC(CCn1cnc2c(N)nc(F)nc21)(COC(=O)NCCN(C)Cc1oc(=O)oc1C)OC.CC. The zero-order valence-electron chi connectivity index (χ0n) is 21.5. The molecule has 3 heterocycles. The molecular weight excluding hydrogens is 489 g/mol. The van der Waals surface area contributed by atoms with Crippen LogP contribution >= 0.6 is 0 Å². The van der Waals surface area contributed by atoms with Crippen LogP contribution < -0.4 is 16.9 Å². The maximum atomic E-state index is 13.6. The summed E-state index contributed by atoms with van der Waals surface area (Å²) in [5, 5.41) is 2.62. The van der Waals surface area contributed by atoms with Gasteiger partial charge in [0.2, 0.25) is 0 Å². The topological polar surface area (TPSA) is 164 Å². The molecule has 3 aromatic rings. The van der Waals surface area contributed by atoms with Crippen LogP contribution in [-0.2, 0) is 22.6 Å². The normalized spacial score (nSPS) is 12.5. The number of halogens is 1. The van der Waals surface area contributed by atoms with Gasteiger partial charge in [-0.15, -0.1) is 6.42 Å². The minimum Gasteiger partial charge on any atom is -0.445 e. The summed E-state index contributed by atoms with van der Waals surface area (Å²) in [7, 11) is 3.19. The first kappa shape index (κ1) is 29.3. The number of hydrogen-bond donors (Lipinski definition) is 2. The number of amides is 1. The quantitative estimate of drug-likeness (QED) is 0.279. The van der Waals surface area contributed by atoms with E-state index in [1.165, 1.54) is 13.4 Å². The van der Waals surface area contributed by atoms with E-state index in [9.17, 15) is 14.0 Å². The first-order valence-electron chi connectivity index (χ1n) is 11.5. The number of methoxy groups -OCH3 is 1. The van der Waals surface area contributed by atoms with Crippen LogP contribution in [0.3, 0.4) is 0 Å². The maximum Gasteiger partial charge on any atom is 0.519 e. The number of carbonyl (C=O) groups is 1. The summed E-state index contributed by atoms with van der Waals surface area (Å²) in [4.78, 5) is 36.4. The van der Waals surface area contributed by atoms with Gasteiger partial charge in [0, 0.05) is 33.2 Å². The van der Waals surface area contributed by atoms with E-state index in [4.69, 9.17) is 30.5 Å². The molecule has 0 bridgehead atoms. The van der Waals surface area contributed by atoms with Crippen LogP contribution in [0.2, 0.25) is 0 Å². The molecule has 37 heavy (non-hydrogen) atoms. The third-order valence-corrected chi connectivity index (χ3v) is 5.32.